The van der Waals surface area contributed by atoms with Gasteiger partial charge < -0.3 is 10.4 Å². The van der Waals surface area contributed by atoms with Crippen LogP contribution in [0.4, 0.5) is 0 Å². The molecule has 2 rings (SSSR count). The molecule has 1 aromatic rings. The van der Waals surface area contributed by atoms with E-state index in [0.717, 1.165) is 0 Å². The van der Waals surface area contributed by atoms with E-state index in [1.807, 2.05) is 0 Å². The number of carbonyl (C=O) groups excluding carboxylic acids is 1. The van der Waals surface area contributed by atoms with Crippen molar-refractivity contribution in [3.05, 3.63) is 29.3 Å². The van der Waals surface area contributed by atoms with E-state index >= 15 is 0 Å². The van der Waals surface area contributed by atoms with Crippen LogP contribution in [-0.2, 0) is 14.8 Å². The molecule has 1 amide bonds. The van der Waals surface area contributed by atoms with Crippen molar-refractivity contribution in [2.24, 2.45) is 5.92 Å². The zero-order valence-corrected chi connectivity index (χ0v) is 13.9. The Morgan fingerprint density at radius 2 is 1.87 bits per heavy atom. The molecule has 7 nitrogen and oxygen atoms in total. The highest BCUT2D eigenvalue weighted by molar-refractivity contribution is 7.89. The van der Waals surface area contributed by atoms with Crippen molar-refractivity contribution in [3.63, 3.8) is 0 Å². The molecule has 2 N–H and O–H groups in total. The number of hydrogen-bond donors (Lipinski definition) is 2. The van der Waals surface area contributed by atoms with Crippen molar-refractivity contribution in [2.45, 2.75) is 24.7 Å². The third kappa shape index (κ3) is 3.53. The average Bonchev–Trinajstić information content (AvgIpc) is 2.54. The minimum absolute atomic E-state index is 0.0514. The average molecular weight is 340 g/mol. The first-order chi connectivity index (χ1) is 10.8. The summed E-state index contributed by atoms with van der Waals surface area (Å²) in [6.07, 6.45) is 0.589. The van der Waals surface area contributed by atoms with Crippen LogP contribution in [0, 0.1) is 12.8 Å². The molecule has 0 saturated carbocycles. The van der Waals surface area contributed by atoms with Crippen LogP contribution in [0.3, 0.4) is 0 Å². The zero-order valence-electron chi connectivity index (χ0n) is 13.1. The second-order valence-electron chi connectivity index (χ2n) is 5.57. The number of sulfonamides is 1. The maximum atomic E-state index is 12.7. The largest absolute Gasteiger partial charge is 0.481 e. The fourth-order valence-corrected chi connectivity index (χ4v) is 4.13. The van der Waals surface area contributed by atoms with Crippen molar-refractivity contribution in [3.8, 4) is 0 Å². The molecule has 1 aromatic carbocycles. The Morgan fingerprint density at radius 3 is 2.39 bits per heavy atom. The molecule has 23 heavy (non-hydrogen) atoms. The first-order valence-electron chi connectivity index (χ1n) is 7.33. The van der Waals surface area contributed by atoms with Gasteiger partial charge in [0.05, 0.1) is 10.8 Å². The van der Waals surface area contributed by atoms with Crippen molar-refractivity contribution >= 4 is 21.9 Å². The standard InChI is InChI=1S/C15H20N2O5S/c1-10-3-4-12(9-13(10)14(18)16-2)23(21,22)17-7-5-11(6-8-17)15(19)20/h3-4,9,11H,5-8H2,1-2H3,(H,16,18)(H,19,20). The topological polar surface area (TPSA) is 104 Å². The number of aliphatic carboxylic acids is 1. The van der Waals surface area contributed by atoms with Gasteiger partial charge in [-0.25, -0.2) is 8.42 Å². The molecule has 0 bridgehead atoms. The lowest BCUT2D eigenvalue weighted by Gasteiger charge is -2.29. The Balaban J connectivity index is 2.27. The number of benzene rings is 1. The Hall–Kier alpha value is -1.93. The van der Waals surface area contributed by atoms with Gasteiger partial charge in [-0.2, -0.15) is 4.31 Å². The van der Waals surface area contributed by atoms with Gasteiger partial charge >= 0.3 is 5.97 Å². The first kappa shape index (κ1) is 17.4. The van der Waals surface area contributed by atoms with E-state index in [9.17, 15) is 18.0 Å². The Morgan fingerprint density at radius 1 is 1.26 bits per heavy atom. The molecule has 1 aliphatic heterocycles. The fourth-order valence-electron chi connectivity index (χ4n) is 2.63. The van der Waals surface area contributed by atoms with Crippen molar-refractivity contribution in [2.75, 3.05) is 20.1 Å². The van der Waals surface area contributed by atoms with Gasteiger partial charge in [0, 0.05) is 25.7 Å². The number of piperidine rings is 1. The van der Waals surface area contributed by atoms with E-state index in [1.54, 1.807) is 13.0 Å². The van der Waals surface area contributed by atoms with E-state index in [0.29, 0.717) is 24.0 Å². The molecule has 1 heterocycles. The van der Waals surface area contributed by atoms with Gasteiger partial charge in [-0.15, -0.1) is 0 Å². The number of carbonyl (C=O) groups is 2. The van der Waals surface area contributed by atoms with Gasteiger partial charge in [0.25, 0.3) is 5.91 Å². The van der Waals surface area contributed by atoms with Crippen LogP contribution < -0.4 is 5.32 Å². The third-order valence-electron chi connectivity index (χ3n) is 4.12. The highest BCUT2D eigenvalue weighted by atomic mass is 32.2. The van der Waals surface area contributed by atoms with Gasteiger partial charge in [0.15, 0.2) is 0 Å². The van der Waals surface area contributed by atoms with Crippen LogP contribution in [0.5, 0.6) is 0 Å². The van der Waals surface area contributed by atoms with E-state index in [1.165, 1.54) is 23.5 Å². The Kier molecular flexibility index (Phi) is 5.06. The van der Waals surface area contributed by atoms with Crippen molar-refractivity contribution in [1.29, 1.82) is 0 Å². The van der Waals surface area contributed by atoms with E-state index in [2.05, 4.69) is 5.32 Å². The minimum atomic E-state index is -3.73. The summed E-state index contributed by atoms with van der Waals surface area (Å²) in [5.41, 5.74) is 1.00. The smallest absolute Gasteiger partial charge is 0.306 e. The molecule has 0 radical (unpaired) electrons. The minimum Gasteiger partial charge on any atom is -0.481 e. The number of aryl methyl sites for hydroxylation is 1. The van der Waals surface area contributed by atoms with Crippen molar-refractivity contribution < 1.29 is 23.1 Å². The van der Waals surface area contributed by atoms with Crippen LogP contribution in [0.25, 0.3) is 0 Å². The first-order valence-corrected chi connectivity index (χ1v) is 8.77. The number of amides is 1. The molecular weight excluding hydrogens is 320 g/mol. The summed E-state index contributed by atoms with van der Waals surface area (Å²) < 4.78 is 26.7. The summed E-state index contributed by atoms with van der Waals surface area (Å²) in [5, 5.41) is 11.5. The number of carboxylic acid groups (broad SMARTS) is 1. The molecular formula is C15H20N2O5S. The number of nitrogens with zero attached hydrogens (tertiary/aromatic N) is 1. The van der Waals surface area contributed by atoms with E-state index < -0.39 is 21.9 Å². The second kappa shape index (κ2) is 6.67. The summed E-state index contributed by atoms with van der Waals surface area (Å²) in [7, 11) is -2.25. The molecule has 126 valence electrons. The van der Waals surface area contributed by atoms with Crippen LogP contribution in [0.1, 0.15) is 28.8 Å². The van der Waals surface area contributed by atoms with Gasteiger partial charge in [-0.05, 0) is 37.5 Å². The fraction of sp³-hybridized carbons (Fsp3) is 0.467. The predicted octanol–water partition coefficient (Wildman–Crippen LogP) is 0.840. The third-order valence-corrected chi connectivity index (χ3v) is 6.02. The summed E-state index contributed by atoms with van der Waals surface area (Å²) in [5.74, 6) is -1.73. The van der Waals surface area contributed by atoms with Crippen LogP contribution >= 0.6 is 0 Å². The SMILES string of the molecule is CNC(=O)c1cc(S(=O)(=O)N2CCC(C(=O)O)CC2)ccc1C. The Bertz CT molecular complexity index is 721. The lowest BCUT2D eigenvalue weighted by molar-refractivity contribution is -0.142. The zero-order chi connectivity index (χ0) is 17.2. The van der Waals surface area contributed by atoms with E-state index in [-0.39, 0.29) is 23.9 Å². The summed E-state index contributed by atoms with van der Waals surface area (Å²) in [6, 6.07) is 4.44. The predicted molar refractivity (Wildman–Crippen MR) is 83.7 cm³/mol. The number of rotatable bonds is 4. The normalized spacial score (nSPS) is 17.0. The molecule has 0 aliphatic carbocycles. The van der Waals surface area contributed by atoms with Crippen LogP contribution in [0.2, 0.25) is 0 Å². The highest BCUT2D eigenvalue weighted by Crippen LogP contribution is 2.25. The molecule has 0 unspecified atom stereocenters. The molecule has 1 fully saturated rings. The van der Waals surface area contributed by atoms with Crippen LogP contribution in [0.15, 0.2) is 23.1 Å². The van der Waals surface area contributed by atoms with Crippen LogP contribution in [-0.4, -0.2) is 49.8 Å². The van der Waals surface area contributed by atoms with Gasteiger partial charge in [0.1, 0.15) is 0 Å². The second-order valence-corrected chi connectivity index (χ2v) is 7.51. The molecule has 1 aliphatic rings. The molecule has 1 saturated heterocycles. The Labute approximate surface area is 135 Å². The number of nitrogens with one attached hydrogen (secondary N) is 1. The molecule has 0 spiro atoms. The summed E-state index contributed by atoms with van der Waals surface area (Å²) in [4.78, 5) is 22.8. The van der Waals surface area contributed by atoms with Crippen molar-refractivity contribution in [1.82, 2.24) is 9.62 Å². The molecule has 0 atom stereocenters. The lowest BCUT2D eigenvalue weighted by Crippen LogP contribution is -2.40. The lowest BCUT2D eigenvalue weighted by atomic mass is 9.99. The van der Waals surface area contributed by atoms with E-state index in [4.69, 9.17) is 5.11 Å². The quantitative estimate of drug-likeness (QED) is 0.845. The van der Waals surface area contributed by atoms with Gasteiger partial charge in [-0.3, -0.25) is 9.59 Å². The number of hydrogen-bond acceptors (Lipinski definition) is 4. The molecule has 8 heteroatoms. The highest BCUT2D eigenvalue weighted by Gasteiger charge is 2.32. The maximum absolute atomic E-state index is 12.7. The van der Waals surface area contributed by atoms with Gasteiger partial charge in [0.2, 0.25) is 10.0 Å². The summed E-state index contributed by atoms with van der Waals surface area (Å²) >= 11 is 0. The monoisotopic (exact) mass is 340 g/mol. The maximum Gasteiger partial charge on any atom is 0.306 e. The van der Waals surface area contributed by atoms with Gasteiger partial charge in [-0.1, -0.05) is 6.07 Å². The summed E-state index contributed by atoms with van der Waals surface area (Å²) in [6.45, 7) is 2.07. The number of carboxylic acids is 1. The molecule has 0 aromatic heterocycles.